The zero-order valence-corrected chi connectivity index (χ0v) is 17.6. The summed E-state index contributed by atoms with van der Waals surface area (Å²) in [5.74, 6) is 0. The number of fused-ring (bicyclic) bond motifs is 1. The normalized spacial score (nSPS) is 30.4. The first kappa shape index (κ1) is 21.8. The van der Waals surface area contributed by atoms with Crippen molar-refractivity contribution in [2.75, 3.05) is 6.61 Å². The zero-order valence-electron chi connectivity index (χ0n) is 17.6. The van der Waals surface area contributed by atoms with Crippen molar-refractivity contribution in [3.63, 3.8) is 0 Å². The fourth-order valence-electron chi connectivity index (χ4n) is 3.86. The SMILES string of the molecule is CC(C)O[C@@H]1O[C@@H]2CO[C@@H](c3ccccc3)O[C@H]2[C@H](OCc2ccccc2)[C@H]1N=[N+]=[N-]. The van der Waals surface area contributed by atoms with Crippen LogP contribution in [0, 0.1) is 0 Å². The summed E-state index contributed by atoms with van der Waals surface area (Å²) >= 11 is 0. The van der Waals surface area contributed by atoms with E-state index in [0.29, 0.717) is 13.2 Å². The largest absolute Gasteiger partial charge is 0.370 e. The topological polar surface area (TPSA) is 94.9 Å². The van der Waals surface area contributed by atoms with E-state index >= 15 is 0 Å². The molecule has 2 aliphatic heterocycles. The Hall–Kier alpha value is -2.45. The maximum absolute atomic E-state index is 9.23. The molecule has 0 spiro atoms. The molecule has 2 saturated heterocycles. The number of ether oxygens (including phenoxy) is 5. The number of rotatable bonds is 7. The van der Waals surface area contributed by atoms with E-state index in [1.165, 1.54) is 0 Å². The van der Waals surface area contributed by atoms with Crippen LogP contribution in [0.5, 0.6) is 0 Å². The molecule has 164 valence electrons. The van der Waals surface area contributed by atoms with Crippen molar-refractivity contribution in [3.05, 3.63) is 82.2 Å². The zero-order chi connectivity index (χ0) is 21.6. The molecule has 4 rings (SSSR count). The lowest BCUT2D eigenvalue weighted by Crippen LogP contribution is -2.62. The Bertz CT molecular complexity index is 875. The molecular formula is C23H27N3O5. The lowest BCUT2D eigenvalue weighted by Gasteiger charge is -2.48. The molecule has 2 fully saturated rings. The summed E-state index contributed by atoms with van der Waals surface area (Å²) in [6.07, 6.45) is -2.87. The first-order valence-corrected chi connectivity index (χ1v) is 10.5. The van der Waals surface area contributed by atoms with Gasteiger partial charge in [0.15, 0.2) is 12.6 Å². The van der Waals surface area contributed by atoms with Crippen molar-refractivity contribution in [2.45, 2.75) is 63.5 Å². The molecule has 2 aliphatic rings. The molecular weight excluding hydrogens is 398 g/mol. The van der Waals surface area contributed by atoms with Crippen LogP contribution in [0.15, 0.2) is 65.8 Å². The first-order valence-electron chi connectivity index (χ1n) is 10.5. The molecule has 0 amide bonds. The Morgan fingerprint density at radius 3 is 2.45 bits per heavy atom. The van der Waals surface area contributed by atoms with E-state index in [-0.39, 0.29) is 6.10 Å². The van der Waals surface area contributed by atoms with Crippen molar-refractivity contribution < 1.29 is 23.7 Å². The number of benzene rings is 2. The van der Waals surface area contributed by atoms with E-state index in [1.54, 1.807) is 0 Å². The third kappa shape index (κ3) is 5.25. The van der Waals surface area contributed by atoms with Gasteiger partial charge in [-0.25, -0.2) is 0 Å². The monoisotopic (exact) mass is 425 g/mol. The molecule has 0 radical (unpaired) electrons. The summed E-state index contributed by atoms with van der Waals surface area (Å²) in [6.45, 7) is 4.47. The second kappa shape index (κ2) is 10.2. The summed E-state index contributed by atoms with van der Waals surface area (Å²) in [4.78, 5) is 3.04. The quantitative estimate of drug-likeness (QED) is 0.369. The Kier molecular flexibility index (Phi) is 7.19. The minimum absolute atomic E-state index is 0.116. The van der Waals surface area contributed by atoms with Gasteiger partial charge in [0, 0.05) is 10.5 Å². The molecule has 0 unspecified atom stereocenters. The highest BCUT2D eigenvalue weighted by Gasteiger charge is 2.51. The van der Waals surface area contributed by atoms with Crippen LogP contribution in [0.25, 0.3) is 10.4 Å². The van der Waals surface area contributed by atoms with Crippen molar-refractivity contribution in [3.8, 4) is 0 Å². The molecule has 2 heterocycles. The van der Waals surface area contributed by atoms with Gasteiger partial charge in [-0.05, 0) is 24.9 Å². The van der Waals surface area contributed by atoms with Crippen molar-refractivity contribution in [1.29, 1.82) is 0 Å². The van der Waals surface area contributed by atoms with Gasteiger partial charge in [-0.1, -0.05) is 65.8 Å². The molecule has 0 bridgehead atoms. The standard InChI is InChI=1S/C23H27N3O5/c1-15(2)29-23-19(25-26-24)21(27-13-16-9-5-3-6-10-16)20-18(30-23)14-28-22(31-20)17-11-7-4-8-12-17/h3-12,15,18-23H,13-14H2,1-2H3/t18-,19-,20-,21-,22-,23-/m1/s1. The van der Waals surface area contributed by atoms with Crippen LogP contribution in [0.1, 0.15) is 31.3 Å². The fraction of sp³-hybridized carbons (Fsp3) is 0.478. The molecule has 8 heteroatoms. The molecule has 0 saturated carbocycles. The summed E-state index contributed by atoms with van der Waals surface area (Å²) in [7, 11) is 0. The second-order valence-electron chi connectivity index (χ2n) is 7.86. The lowest BCUT2D eigenvalue weighted by atomic mass is 9.95. The Morgan fingerprint density at radius 2 is 1.77 bits per heavy atom. The van der Waals surface area contributed by atoms with Crippen molar-refractivity contribution in [1.82, 2.24) is 0 Å². The molecule has 2 aromatic rings. The minimum Gasteiger partial charge on any atom is -0.370 e. The molecule has 31 heavy (non-hydrogen) atoms. The highest BCUT2D eigenvalue weighted by molar-refractivity contribution is 5.17. The number of azide groups is 1. The number of hydrogen-bond donors (Lipinski definition) is 0. The number of nitrogens with zero attached hydrogens (tertiary/aromatic N) is 3. The maximum Gasteiger partial charge on any atom is 0.184 e. The van der Waals surface area contributed by atoms with Crippen molar-refractivity contribution >= 4 is 0 Å². The van der Waals surface area contributed by atoms with Gasteiger partial charge in [0.2, 0.25) is 0 Å². The van der Waals surface area contributed by atoms with E-state index in [1.807, 2.05) is 74.5 Å². The van der Waals surface area contributed by atoms with E-state index in [2.05, 4.69) is 10.0 Å². The first-order chi connectivity index (χ1) is 15.2. The summed E-state index contributed by atoms with van der Waals surface area (Å²) < 4.78 is 30.6. The Labute approximate surface area is 181 Å². The van der Waals surface area contributed by atoms with Gasteiger partial charge >= 0.3 is 0 Å². The van der Waals surface area contributed by atoms with Gasteiger partial charge < -0.3 is 23.7 Å². The smallest absolute Gasteiger partial charge is 0.184 e. The van der Waals surface area contributed by atoms with Gasteiger partial charge in [-0.2, -0.15) is 0 Å². The Balaban J connectivity index is 1.60. The van der Waals surface area contributed by atoms with Crippen LogP contribution in [-0.2, 0) is 30.3 Å². The van der Waals surface area contributed by atoms with Crippen LogP contribution >= 0.6 is 0 Å². The molecule has 0 N–H and O–H groups in total. The molecule has 6 atom stereocenters. The summed E-state index contributed by atoms with van der Waals surface area (Å²) in [6, 6.07) is 18.8. The van der Waals surface area contributed by atoms with Crippen LogP contribution in [-0.4, -0.2) is 43.4 Å². The molecule has 0 aliphatic carbocycles. The van der Waals surface area contributed by atoms with Gasteiger partial charge in [-0.15, -0.1) is 0 Å². The summed E-state index contributed by atoms with van der Waals surface area (Å²) in [5, 5.41) is 3.99. The predicted octanol–water partition coefficient (Wildman–Crippen LogP) is 4.51. The Morgan fingerprint density at radius 1 is 1.06 bits per heavy atom. The molecule has 2 aromatic carbocycles. The van der Waals surface area contributed by atoms with E-state index in [9.17, 15) is 5.53 Å². The van der Waals surface area contributed by atoms with Crippen LogP contribution in [0.3, 0.4) is 0 Å². The molecule has 0 aromatic heterocycles. The van der Waals surface area contributed by atoms with Crippen LogP contribution in [0.4, 0.5) is 0 Å². The predicted molar refractivity (Wildman–Crippen MR) is 113 cm³/mol. The van der Waals surface area contributed by atoms with Gasteiger partial charge in [-0.3, -0.25) is 0 Å². The van der Waals surface area contributed by atoms with Crippen LogP contribution in [0.2, 0.25) is 0 Å². The van der Waals surface area contributed by atoms with Crippen LogP contribution < -0.4 is 0 Å². The summed E-state index contributed by atoms with van der Waals surface area (Å²) in [5.41, 5.74) is 11.1. The van der Waals surface area contributed by atoms with Crippen molar-refractivity contribution in [2.24, 2.45) is 5.11 Å². The average Bonchev–Trinajstić information content (AvgIpc) is 2.79. The van der Waals surface area contributed by atoms with E-state index in [4.69, 9.17) is 23.7 Å². The second-order valence-corrected chi connectivity index (χ2v) is 7.86. The fourth-order valence-corrected chi connectivity index (χ4v) is 3.86. The van der Waals surface area contributed by atoms with E-state index in [0.717, 1.165) is 11.1 Å². The average molecular weight is 425 g/mol. The maximum atomic E-state index is 9.23. The molecule has 8 nitrogen and oxygen atoms in total. The van der Waals surface area contributed by atoms with E-state index < -0.39 is 36.9 Å². The van der Waals surface area contributed by atoms with Gasteiger partial charge in [0.25, 0.3) is 0 Å². The van der Waals surface area contributed by atoms with Gasteiger partial charge in [0.05, 0.1) is 19.3 Å². The lowest BCUT2D eigenvalue weighted by molar-refractivity contribution is -0.350. The number of hydrogen-bond acceptors (Lipinski definition) is 6. The highest BCUT2D eigenvalue weighted by Crippen LogP contribution is 2.37. The minimum atomic E-state index is -0.751. The third-order valence-electron chi connectivity index (χ3n) is 5.26. The van der Waals surface area contributed by atoms with Gasteiger partial charge in [0.1, 0.15) is 24.4 Å². The highest BCUT2D eigenvalue weighted by atomic mass is 16.8. The third-order valence-corrected chi connectivity index (χ3v) is 5.26.